The molecule has 10 heteroatoms. The van der Waals surface area contributed by atoms with E-state index < -0.39 is 47.9 Å². The molecule has 0 aliphatic heterocycles. The van der Waals surface area contributed by atoms with E-state index in [1.54, 1.807) is 0 Å². The summed E-state index contributed by atoms with van der Waals surface area (Å²) in [6, 6.07) is -3.72. The van der Waals surface area contributed by atoms with Crippen LogP contribution in [0.1, 0.15) is 47.5 Å². The largest absolute Gasteiger partial charge is 0.480 e. The van der Waals surface area contributed by atoms with E-state index in [9.17, 15) is 19.2 Å². The predicted octanol–water partition coefficient (Wildman–Crippen LogP) is -0.105. The number of amides is 3. The van der Waals surface area contributed by atoms with Crippen LogP contribution in [0.15, 0.2) is 0 Å². The maximum atomic E-state index is 12.7. The van der Waals surface area contributed by atoms with Crippen LogP contribution in [-0.2, 0) is 19.2 Å². The first kappa shape index (κ1) is 26.2. The summed E-state index contributed by atoms with van der Waals surface area (Å²) in [6.07, 6.45) is 0.681. The number of thiol groups is 1. The van der Waals surface area contributed by atoms with Crippen LogP contribution < -0.4 is 21.7 Å². The summed E-state index contributed by atoms with van der Waals surface area (Å²) < 4.78 is 0. The quantitative estimate of drug-likeness (QED) is 0.244. The monoisotopic (exact) mass is 418 g/mol. The van der Waals surface area contributed by atoms with Crippen molar-refractivity contribution < 1.29 is 24.3 Å². The van der Waals surface area contributed by atoms with E-state index in [0.717, 1.165) is 0 Å². The van der Waals surface area contributed by atoms with Gasteiger partial charge < -0.3 is 26.8 Å². The van der Waals surface area contributed by atoms with Gasteiger partial charge in [-0.1, -0.05) is 27.7 Å². The zero-order valence-corrected chi connectivity index (χ0v) is 18.1. The molecule has 9 nitrogen and oxygen atoms in total. The summed E-state index contributed by atoms with van der Waals surface area (Å²) in [7, 11) is 0. The average Bonchev–Trinajstić information content (AvgIpc) is 2.56. The molecule has 0 radical (unpaired) electrons. The van der Waals surface area contributed by atoms with Crippen LogP contribution in [0.4, 0.5) is 0 Å². The molecule has 162 valence electrons. The summed E-state index contributed by atoms with van der Waals surface area (Å²) in [5.41, 5.74) is 5.56. The molecule has 0 aliphatic rings. The standard InChI is InChI=1S/C18H34N4O5S/c1-9(2)6-12(20-15(23)11(5)19)16(24)21-13(7-10(3)4)17(25)22-14(8-28)18(26)27/h9-14,28H,6-8,19H2,1-5H3,(H,20,23)(H,21,24)(H,22,25)(H,26,27). The molecule has 0 saturated heterocycles. The highest BCUT2D eigenvalue weighted by Gasteiger charge is 2.30. The molecular formula is C18H34N4O5S. The normalized spacial score (nSPS) is 15.5. The molecule has 0 saturated carbocycles. The summed E-state index contributed by atoms with van der Waals surface area (Å²) in [5, 5.41) is 16.7. The maximum absolute atomic E-state index is 12.7. The first-order valence-corrected chi connectivity index (χ1v) is 10.0. The summed E-state index contributed by atoms with van der Waals surface area (Å²) in [4.78, 5) is 48.3. The minimum Gasteiger partial charge on any atom is -0.480 e. The molecule has 0 spiro atoms. The Bertz CT molecular complexity index is 554. The van der Waals surface area contributed by atoms with Gasteiger partial charge in [0.1, 0.15) is 18.1 Å². The van der Waals surface area contributed by atoms with Crippen molar-refractivity contribution in [2.24, 2.45) is 17.6 Å². The molecule has 0 aromatic carbocycles. The highest BCUT2D eigenvalue weighted by molar-refractivity contribution is 7.80. The Balaban J connectivity index is 5.33. The lowest BCUT2D eigenvalue weighted by Crippen LogP contribution is -2.57. The van der Waals surface area contributed by atoms with E-state index in [1.807, 2.05) is 27.7 Å². The minimum absolute atomic E-state index is 0.0672. The molecular weight excluding hydrogens is 384 g/mol. The van der Waals surface area contributed by atoms with Gasteiger partial charge in [-0.2, -0.15) is 12.6 Å². The first-order chi connectivity index (χ1) is 12.9. The van der Waals surface area contributed by atoms with Crippen LogP contribution in [-0.4, -0.2) is 58.7 Å². The van der Waals surface area contributed by atoms with Crippen molar-refractivity contribution in [2.75, 3.05) is 5.75 Å². The Morgan fingerprint density at radius 1 is 0.786 bits per heavy atom. The first-order valence-electron chi connectivity index (χ1n) is 9.39. The highest BCUT2D eigenvalue weighted by Crippen LogP contribution is 2.09. The zero-order chi connectivity index (χ0) is 22.0. The second kappa shape index (κ2) is 12.6. The van der Waals surface area contributed by atoms with Gasteiger partial charge in [-0.05, 0) is 31.6 Å². The lowest BCUT2D eigenvalue weighted by Gasteiger charge is -2.26. The van der Waals surface area contributed by atoms with Crippen molar-refractivity contribution in [1.82, 2.24) is 16.0 Å². The van der Waals surface area contributed by atoms with Crippen molar-refractivity contribution in [3.05, 3.63) is 0 Å². The van der Waals surface area contributed by atoms with Crippen molar-refractivity contribution in [3.63, 3.8) is 0 Å². The number of nitrogens with two attached hydrogens (primary N) is 1. The fraction of sp³-hybridized carbons (Fsp3) is 0.778. The van der Waals surface area contributed by atoms with Gasteiger partial charge in [0, 0.05) is 5.75 Å². The van der Waals surface area contributed by atoms with Crippen molar-refractivity contribution in [2.45, 2.75) is 71.6 Å². The number of nitrogens with one attached hydrogen (secondary N) is 3. The number of hydrogen-bond acceptors (Lipinski definition) is 6. The number of rotatable bonds is 12. The lowest BCUT2D eigenvalue weighted by atomic mass is 9.99. The van der Waals surface area contributed by atoms with Crippen LogP contribution >= 0.6 is 12.6 Å². The van der Waals surface area contributed by atoms with Gasteiger partial charge in [-0.3, -0.25) is 14.4 Å². The van der Waals surface area contributed by atoms with E-state index in [4.69, 9.17) is 10.8 Å². The van der Waals surface area contributed by atoms with E-state index in [0.29, 0.717) is 12.8 Å². The number of carbonyl (C=O) groups is 4. The van der Waals surface area contributed by atoms with Gasteiger partial charge in [0.25, 0.3) is 0 Å². The number of carboxylic acids is 1. The Morgan fingerprint density at radius 3 is 1.43 bits per heavy atom. The Labute approximate surface area is 172 Å². The Kier molecular flexibility index (Phi) is 11.8. The maximum Gasteiger partial charge on any atom is 0.327 e. The second-order valence-corrected chi connectivity index (χ2v) is 8.12. The Hall–Kier alpha value is -1.81. The summed E-state index contributed by atoms with van der Waals surface area (Å²) in [5.74, 6) is -2.69. The van der Waals surface area contributed by atoms with E-state index >= 15 is 0 Å². The van der Waals surface area contributed by atoms with Gasteiger partial charge in [-0.25, -0.2) is 4.79 Å². The molecule has 0 bridgehead atoms. The van der Waals surface area contributed by atoms with Crippen molar-refractivity contribution in [3.8, 4) is 0 Å². The minimum atomic E-state index is -1.21. The topological polar surface area (TPSA) is 151 Å². The van der Waals surface area contributed by atoms with Crippen molar-refractivity contribution >= 4 is 36.3 Å². The molecule has 0 aliphatic carbocycles. The molecule has 4 atom stereocenters. The van der Waals surface area contributed by atoms with E-state index in [2.05, 4.69) is 28.6 Å². The van der Waals surface area contributed by atoms with Crippen LogP contribution in [0, 0.1) is 11.8 Å². The second-order valence-electron chi connectivity index (χ2n) is 7.75. The van der Waals surface area contributed by atoms with Crippen LogP contribution in [0.25, 0.3) is 0 Å². The molecule has 0 heterocycles. The fourth-order valence-corrected chi connectivity index (χ4v) is 2.69. The SMILES string of the molecule is CC(C)CC(NC(=O)C(C)N)C(=O)NC(CC(C)C)C(=O)NC(CS)C(=O)O. The predicted molar refractivity (Wildman–Crippen MR) is 110 cm³/mol. The number of aliphatic carboxylic acids is 1. The third-order valence-corrected chi connectivity index (χ3v) is 4.26. The molecule has 6 N–H and O–H groups in total. The molecule has 0 aromatic heterocycles. The number of hydrogen-bond donors (Lipinski definition) is 6. The highest BCUT2D eigenvalue weighted by atomic mass is 32.1. The average molecular weight is 419 g/mol. The summed E-state index contributed by atoms with van der Waals surface area (Å²) in [6.45, 7) is 9.08. The van der Waals surface area contributed by atoms with Crippen LogP contribution in [0.3, 0.4) is 0 Å². The molecule has 0 fully saturated rings. The van der Waals surface area contributed by atoms with Gasteiger partial charge >= 0.3 is 5.97 Å². The Morgan fingerprint density at radius 2 is 1.14 bits per heavy atom. The van der Waals surface area contributed by atoms with Crippen LogP contribution in [0.2, 0.25) is 0 Å². The van der Waals surface area contributed by atoms with E-state index in [-0.39, 0.29) is 17.6 Å². The zero-order valence-electron chi connectivity index (χ0n) is 17.2. The lowest BCUT2D eigenvalue weighted by molar-refractivity contribution is -0.141. The molecule has 28 heavy (non-hydrogen) atoms. The third-order valence-electron chi connectivity index (χ3n) is 3.89. The smallest absolute Gasteiger partial charge is 0.327 e. The fourth-order valence-electron chi connectivity index (χ4n) is 2.44. The molecule has 0 aromatic rings. The van der Waals surface area contributed by atoms with Crippen molar-refractivity contribution in [1.29, 1.82) is 0 Å². The molecule has 0 rings (SSSR count). The molecule has 4 unspecified atom stereocenters. The number of carbonyl (C=O) groups excluding carboxylic acids is 3. The van der Waals surface area contributed by atoms with Gasteiger partial charge in [0.15, 0.2) is 0 Å². The third kappa shape index (κ3) is 9.93. The molecule has 3 amide bonds. The van der Waals surface area contributed by atoms with Gasteiger partial charge in [0.2, 0.25) is 17.7 Å². The summed E-state index contributed by atoms with van der Waals surface area (Å²) >= 11 is 3.92. The number of carboxylic acid groups (broad SMARTS) is 1. The van der Waals surface area contributed by atoms with E-state index in [1.165, 1.54) is 6.92 Å². The van der Waals surface area contributed by atoms with Gasteiger partial charge in [0.05, 0.1) is 6.04 Å². The van der Waals surface area contributed by atoms with Crippen LogP contribution in [0.5, 0.6) is 0 Å². The van der Waals surface area contributed by atoms with Gasteiger partial charge in [-0.15, -0.1) is 0 Å².